The zero-order valence-corrected chi connectivity index (χ0v) is 12.7. The summed E-state index contributed by atoms with van der Waals surface area (Å²) in [5.41, 5.74) is 3.94. The summed E-state index contributed by atoms with van der Waals surface area (Å²) >= 11 is 0. The van der Waals surface area contributed by atoms with Gasteiger partial charge in [-0.2, -0.15) is 5.10 Å². The maximum absolute atomic E-state index is 11.6. The van der Waals surface area contributed by atoms with Crippen molar-refractivity contribution in [3.63, 3.8) is 0 Å². The lowest BCUT2D eigenvalue weighted by atomic mass is 10.3. The fraction of sp³-hybridized carbons (Fsp3) is 0.538. The molecule has 0 N–H and O–H groups in total. The second kappa shape index (κ2) is 5.87. The van der Waals surface area contributed by atoms with Gasteiger partial charge >= 0.3 is 5.97 Å². The third-order valence-corrected chi connectivity index (χ3v) is 3.07. The van der Waals surface area contributed by atoms with Crippen LogP contribution in [0.5, 0.6) is 0 Å². The quantitative estimate of drug-likeness (QED) is 0.478. The highest BCUT2D eigenvalue weighted by molar-refractivity contribution is 6.83. The van der Waals surface area contributed by atoms with Crippen molar-refractivity contribution < 1.29 is 9.53 Å². The molecule has 1 aromatic rings. The zero-order chi connectivity index (χ0) is 13.8. The molecule has 5 heteroatoms. The smallest absolute Gasteiger partial charge is 0.330 e. The normalized spacial score (nSPS) is 12.5. The molecule has 1 rings (SSSR count). The van der Waals surface area contributed by atoms with E-state index in [1.54, 1.807) is 24.7 Å². The summed E-state index contributed by atoms with van der Waals surface area (Å²) in [6.07, 6.45) is 1.76. The van der Waals surface area contributed by atoms with Crippen LogP contribution >= 0.6 is 0 Å². The first-order chi connectivity index (χ1) is 8.33. The molecule has 0 aromatic carbocycles. The molecular weight excluding hydrogens is 244 g/mol. The van der Waals surface area contributed by atoms with Crippen LogP contribution < -0.4 is 0 Å². The number of esters is 1. The lowest BCUT2D eigenvalue weighted by molar-refractivity contribution is -0.146. The van der Waals surface area contributed by atoms with Gasteiger partial charge in [-0.15, -0.1) is 5.54 Å². The van der Waals surface area contributed by atoms with E-state index in [0.29, 0.717) is 12.3 Å². The summed E-state index contributed by atoms with van der Waals surface area (Å²) in [5.74, 6) is 2.79. The van der Waals surface area contributed by atoms with Crippen LogP contribution in [-0.4, -0.2) is 30.4 Å². The van der Waals surface area contributed by atoms with Crippen LogP contribution in [0.4, 0.5) is 0 Å². The summed E-state index contributed by atoms with van der Waals surface area (Å²) in [6, 6.07) is 1.41. The fourth-order valence-corrected chi connectivity index (χ4v) is 1.75. The molecule has 1 unspecified atom stereocenters. The van der Waals surface area contributed by atoms with E-state index in [1.165, 1.54) is 0 Å². The molecule has 0 saturated carbocycles. The molecule has 0 aliphatic carbocycles. The molecule has 1 aromatic heterocycles. The number of carbonyl (C=O) groups is 1. The Balaban J connectivity index is 2.80. The van der Waals surface area contributed by atoms with Gasteiger partial charge in [0.25, 0.3) is 0 Å². The van der Waals surface area contributed by atoms with Gasteiger partial charge in [-0.25, -0.2) is 4.79 Å². The highest BCUT2D eigenvalue weighted by Gasteiger charge is 2.16. The summed E-state index contributed by atoms with van der Waals surface area (Å²) in [6.45, 7) is 10.5. The van der Waals surface area contributed by atoms with Crippen molar-refractivity contribution >= 4 is 14.0 Å². The van der Waals surface area contributed by atoms with Crippen LogP contribution in [0.2, 0.25) is 19.6 Å². The Bertz CT molecular complexity index is 477. The van der Waals surface area contributed by atoms with Crippen molar-refractivity contribution in [2.75, 3.05) is 6.61 Å². The van der Waals surface area contributed by atoms with Gasteiger partial charge in [0.15, 0.2) is 0 Å². The molecule has 1 heterocycles. The number of rotatable bonds is 3. The van der Waals surface area contributed by atoms with E-state index >= 15 is 0 Å². The number of hydrogen-bond acceptors (Lipinski definition) is 3. The molecular formula is C13H20N2O2Si. The molecule has 0 saturated heterocycles. The molecule has 0 amide bonds. The highest BCUT2D eigenvalue weighted by Crippen LogP contribution is 2.08. The van der Waals surface area contributed by atoms with Gasteiger partial charge in [-0.05, 0) is 19.9 Å². The van der Waals surface area contributed by atoms with Crippen LogP contribution in [0.15, 0.2) is 12.3 Å². The monoisotopic (exact) mass is 264 g/mol. The van der Waals surface area contributed by atoms with E-state index in [4.69, 9.17) is 4.74 Å². The molecule has 0 spiro atoms. The van der Waals surface area contributed by atoms with Crippen LogP contribution in [0.3, 0.4) is 0 Å². The van der Waals surface area contributed by atoms with E-state index < -0.39 is 14.1 Å². The van der Waals surface area contributed by atoms with Crippen LogP contribution in [0.25, 0.3) is 0 Å². The number of nitrogens with zero attached hydrogens (tertiary/aromatic N) is 2. The van der Waals surface area contributed by atoms with Gasteiger partial charge in [0, 0.05) is 6.20 Å². The van der Waals surface area contributed by atoms with Crippen molar-refractivity contribution in [1.29, 1.82) is 0 Å². The lowest BCUT2D eigenvalue weighted by Gasteiger charge is -2.10. The molecule has 0 bridgehead atoms. The second-order valence-corrected chi connectivity index (χ2v) is 9.86. The minimum atomic E-state index is -1.39. The standard InChI is InChI=1S/C13H20N2O2Si/c1-6-17-13(16)11(2)15-9-7-12(14-15)8-10-18(3,4)5/h7,9,11H,6H2,1-5H3. The third-order valence-electron chi connectivity index (χ3n) is 2.20. The predicted octanol–water partition coefficient (Wildman–Crippen LogP) is 2.24. The summed E-state index contributed by atoms with van der Waals surface area (Å²) < 4.78 is 6.54. The van der Waals surface area contributed by atoms with Crippen LogP contribution in [0, 0.1) is 11.5 Å². The van der Waals surface area contributed by atoms with Crippen molar-refractivity contribution in [2.45, 2.75) is 39.5 Å². The number of aromatic nitrogens is 2. The fourth-order valence-electron chi connectivity index (χ4n) is 1.24. The topological polar surface area (TPSA) is 44.1 Å². The minimum Gasteiger partial charge on any atom is -0.464 e. The molecule has 0 fully saturated rings. The first-order valence-corrected chi connectivity index (χ1v) is 9.58. The van der Waals surface area contributed by atoms with E-state index in [9.17, 15) is 4.79 Å². The predicted molar refractivity (Wildman–Crippen MR) is 73.8 cm³/mol. The third kappa shape index (κ3) is 4.38. The highest BCUT2D eigenvalue weighted by atomic mass is 28.3. The van der Waals surface area contributed by atoms with Crippen LogP contribution in [0.1, 0.15) is 25.6 Å². The Labute approximate surface area is 109 Å². The van der Waals surface area contributed by atoms with Crippen molar-refractivity contribution in [2.24, 2.45) is 0 Å². The van der Waals surface area contributed by atoms with Gasteiger partial charge in [0.2, 0.25) is 0 Å². The number of carbonyl (C=O) groups excluding carboxylic acids is 1. The minimum absolute atomic E-state index is 0.273. The molecule has 1 atom stereocenters. The summed E-state index contributed by atoms with van der Waals surface area (Å²) in [5, 5.41) is 4.28. The molecule has 18 heavy (non-hydrogen) atoms. The van der Waals surface area contributed by atoms with E-state index in [1.807, 2.05) is 6.07 Å². The first kappa shape index (κ1) is 14.5. The van der Waals surface area contributed by atoms with Crippen molar-refractivity contribution in [1.82, 2.24) is 9.78 Å². The summed E-state index contributed by atoms with van der Waals surface area (Å²) in [4.78, 5) is 11.6. The Morgan fingerprint density at radius 3 is 2.78 bits per heavy atom. The zero-order valence-electron chi connectivity index (χ0n) is 11.7. The van der Waals surface area contributed by atoms with Gasteiger partial charge < -0.3 is 4.74 Å². The van der Waals surface area contributed by atoms with Gasteiger partial charge in [0.05, 0.1) is 6.61 Å². The Morgan fingerprint density at radius 2 is 2.22 bits per heavy atom. The molecule has 98 valence electrons. The number of ether oxygens (including phenoxy) is 1. The molecule has 4 nitrogen and oxygen atoms in total. The van der Waals surface area contributed by atoms with E-state index in [2.05, 4.69) is 36.2 Å². The van der Waals surface area contributed by atoms with E-state index in [0.717, 1.165) is 0 Å². The van der Waals surface area contributed by atoms with Crippen molar-refractivity contribution in [3.05, 3.63) is 18.0 Å². The SMILES string of the molecule is CCOC(=O)C(C)n1ccc(C#C[Si](C)(C)C)n1. The summed E-state index contributed by atoms with van der Waals surface area (Å²) in [7, 11) is -1.39. The molecule has 0 aliphatic heterocycles. The van der Waals surface area contributed by atoms with Gasteiger partial charge in [-0.1, -0.05) is 25.6 Å². The average Bonchev–Trinajstić information content (AvgIpc) is 2.73. The maximum atomic E-state index is 11.6. The average molecular weight is 264 g/mol. The largest absolute Gasteiger partial charge is 0.464 e. The van der Waals surface area contributed by atoms with Crippen molar-refractivity contribution in [3.8, 4) is 11.5 Å². The Hall–Kier alpha value is -1.54. The van der Waals surface area contributed by atoms with E-state index in [-0.39, 0.29) is 5.97 Å². The Kier molecular flexibility index (Phi) is 4.74. The number of hydrogen-bond donors (Lipinski definition) is 0. The van der Waals surface area contributed by atoms with Gasteiger partial charge in [-0.3, -0.25) is 4.68 Å². The molecule has 0 radical (unpaired) electrons. The van der Waals surface area contributed by atoms with Crippen LogP contribution in [-0.2, 0) is 9.53 Å². The first-order valence-electron chi connectivity index (χ1n) is 6.08. The Morgan fingerprint density at radius 1 is 1.56 bits per heavy atom. The molecule has 0 aliphatic rings. The lowest BCUT2D eigenvalue weighted by Crippen LogP contribution is -2.19. The maximum Gasteiger partial charge on any atom is 0.330 e. The van der Waals surface area contributed by atoms with Gasteiger partial charge in [0.1, 0.15) is 19.8 Å². The second-order valence-electron chi connectivity index (χ2n) is 5.11.